The van der Waals surface area contributed by atoms with Gasteiger partial charge in [0.2, 0.25) is 0 Å². The van der Waals surface area contributed by atoms with Gasteiger partial charge in [0.15, 0.2) is 9.84 Å². The van der Waals surface area contributed by atoms with Crippen molar-refractivity contribution in [2.75, 3.05) is 11.6 Å². The molecule has 1 amide bonds. The van der Waals surface area contributed by atoms with Gasteiger partial charge in [0.25, 0.3) is 5.91 Å². The van der Waals surface area contributed by atoms with Crippen molar-refractivity contribution in [3.63, 3.8) is 0 Å². The van der Waals surface area contributed by atoms with Crippen LogP contribution in [0.1, 0.15) is 15.2 Å². The molecule has 1 N–H and O–H groups in total. The predicted octanol–water partition coefficient (Wildman–Crippen LogP) is 3.37. The van der Waals surface area contributed by atoms with Crippen LogP contribution in [0.5, 0.6) is 0 Å². The number of thiophene rings is 1. The first-order valence-corrected chi connectivity index (χ1v) is 8.73. The summed E-state index contributed by atoms with van der Waals surface area (Å²) in [6.45, 7) is 1.79. The van der Waals surface area contributed by atoms with Gasteiger partial charge in [-0.05, 0) is 36.8 Å². The number of nitrogens with one attached hydrogen (secondary N) is 1. The van der Waals surface area contributed by atoms with Crippen LogP contribution in [0.25, 0.3) is 0 Å². The highest BCUT2D eigenvalue weighted by Crippen LogP contribution is 2.24. The number of carbonyl (C=O) groups is 1. The Morgan fingerprint density at radius 1 is 1.25 bits per heavy atom. The summed E-state index contributed by atoms with van der Waals surface area (Å²) in [5.74, 6) is -0.310. The normalized spacial score (nSPS) is 11.3. The average molecular weight is 330 g/mol. The highest BCUT2D eigenvalue weighted by molar-refractivity contribution is 7.90. The van der Waals surface area contributed by atoms with Crippen molar-refractivity contribution < 1.29 is 13.2 Å². The van der Waals surface area contributed by atoms with Crippen molar-refractivity contribution in [2.45, 2.75) is 11.8 Å². The molecule has 1 heterocycles. The van der Waals surface area contributed by atoms with Crippen molar-refractivity contribution in [1.82, 2.24) is 0 Å². The first kappa shape index (κ1) is 15.0. The van der Waals surface area contributed by atoms with E-state index in [9.17, 15) is 13.2 Å². The van der Waals surface area contributed by atoms with E-state index in [0.29, 0.717) is 14.9 Å². The number of sulfone groups is 1. The number of halogens is 1. The Morgan fingerprint density at radius 3 is 2.50 bits per heavy atom. The van der Waals surface area contributed by atoms with Crippen molar-refractivity contribution in [3.8, 4) is 0 Å². The lowest BCUT2D eigenvalue weighted by Crippen LogP contribution is -2.12. The fourth-order valence-electron chi connectivity index (χ4n) is 1.59. The maximum Gasteiger partial charge on any atom is 0.265 e. The standard InChI is InChI=1S/C13H12ClNO3S2/c1-8-3-4-9(20(2,17)18)7-10(8)15-13(16)11-5-6-12(14)19-11/h3-7H,1-2H3,(H,15,16). The summed E-state index contributed by atoms with van der Waals surface area (Å²) < 4.78 is 23.6. The van der Waals surface area contributed by atoms with Gasteiger partial charge in [0, 0.05) is 11.9 Å². The zero-order chi connectivity index (χ0) is 14.9. The summed E-state index contributed by atoms with van der Waals surface area (Å²) in [6.07, 6.45) is 1.13. The van der Waals surface area contributed by atoms with Crippen LogP contribution in [0.3, 0.4) is 0 Å². The molecule has 0 spiro atoms. The van der Waals surface area contributed by atoms with Gasteiger partial charge < -0.3 is 5.32 Å². The molecule has 0 unspecified atom stereocenters. The van der Waals surface area contributed by atoms with Gasteiger partial charge in [0.05, 0.1) is 14.1 Å². The smallest absolute Gasteiger partial charge is 0.265 e. The van der Waals surface area contributed by atoms with Crippen LogP contribution in [0.2, 0.25) is 4.34 Å². The van der Waals surface area contributed by atoms with Gasteiger partial charge in [-0.1, -0.05) is 17.7 Å². The fraction of sp³-hybridized carbons (Fsp3) is 0.154. The lowest BCUT2D eigenvalue weighted by Gasteiger charge is -2.09. The molecule has 20 heavy (non-hydrogen) atoms. The van der Waals surface area contributed by atoms with E-state index in [1.54, 1.807) is 25.1 Å². The molecule has 0 atom stereocenters. The number of anilines is 1. The first-order valence-electron chi connectivity index (χ1n) is 5.65. The van der Waals surface area contributed by atoms with Crippen LogP contribution in [0, 0.1) is 6.92 Å². The largest absolute Gasteiger partial charge is 0.321 e. The summed E-state index contributed by atoms with van der Waals surface area (Å²) in [4.78, 5) is 12.7. The second-order valence-corrected chi connectivity index (χ2v) is 8.04. The van der Waals surface area contributed by atoms with Crippen LogP contribution in [0.15, 0.2) is 35.2 Å². The lowest BCUT2D eigenvalue weighted by atomic mass is 10.2. The Labute approximate surface area is 126 Å². The van der Waals surface area contributed by atoms with Crippen molar-refractivity contribution in [1.29, 1.82) is 0 Å². The zero-order valence-electron chi connectivity index (χ0n) is 10.8. The minimum absolute atomic E-state index is 0.169. The summed E-state index contributed by atoms with van der Waals surface area (Å²) in [7, 11) is -3.31. The van der Waals surface area contributed by atoms with E-state index in [4.69, 9.17) is 11.6 Å². The molecular formula is C13H12ClNO3S2. The number of benzene rings is 1. The molecule has 7 heteroatoms. The molecule has 4 nitrogen and oxygen atoms in total. The molecule has 0 radical (unpaired) electrons. The molecule has 106 valence electrons. The third-order valence-corrected chi connectivity index (χ3v) is 5.02. The molecule has 0 saturated heterocycles. The van der Waals surface area contributed by atoms with Gasteiger partial charge in [0.1, 0.15) is 0 Å². The minimum atomic E-state index is -3.31. The van der Waals surface area contributed by atoms with E-state index >= 15 is 0 Å². The minimum Gasteiger partial charge on any atom is -0.321 e. The highest BCUT2D eigenvalue weighted by Gasteiger charge is 2.13. The molecule has 0 saturated carbocycles. The number of amides is 1. The van der Waals surface area contributed by atoms with Gasteiger partial charge in [-0.15, -0.1) is 11.3 Å². The second kappa shape index (κ2) is 5.55. The Bertz CT molecular complexity index is 766. The van der Waals surface area contributed by atoms with Crippen molar-refractivity contribution >= 4 is 44.4 Å². The van der Waals surface area contributed by atoms with Crippen LogP contribution < -0.4 is 5.32 Å². The Kier molecular flexibility index (Phi) is 4.17. The maximum atomic E-state index is 12.0. The van der Waals surface area contributed by atoms with E-state index in [0.717, 1.165) is 11.8 Å². The molecule has 0 aliphatic heterocycles. The second-order valence-electron chi connectivity index (χ2n) is 4.31. The first-order chi connectivity index (χ1) is 9.27. The monoisotopic (exact) mass is 329 g/mol. The van der Waals surface area contributed by atoms with Crippen molar-refractivity contribution in [3.05, 3.63) is 45.1 Å². The highest BCUT2D eigenvalue weighted by atomic mass is 35.5. The number of rotatable bonds is 3. The molecule has 0 fully saturated rings. The van der Waals surface area contributed by atoms with Gasteiger partial charge in [-0.2, -0.15) is 0 Å². The predicted molar refractivity (Wildman–Crippen MR) is 81.6 cm³/mol. The quantitative estimate of drug-likeness (QED) is 0.939. The molecule has 1 aromatic carbocycles. The van der Waals surface area contributed by atoms with E-state index in [2.05, 4.69) is 5.32 Å². The lowest BCUT2D eigenvalue weighted by molar-refractivity contribution is 0.103. The maximum absolute atomic E-state index is 12.0. The molecule has 2 aromatic rings. The Hall–Kier alpha value is -1.37. The molecule has 0 bridgehead atoms. The fourth-order valence-corrected chi connectivity index (χ4v) is 3.17. The number of hydrogen-bond acceptors (Lipinski definition) is 4. The summed E-state index contributed by atoms with van der Waals surface area (Å²) in [6, 6.07) is 7.90. The number of hydrogen-bond donors (Lipinski definition) is 1. The van der Waals surface area contributed by atoms with E-state index in [-0.39, 0.29) is 10.8 Å². The van der Waals surface area contributed by atoms with E-state index in [1.165, 1.54) is 23.5 Å². The SMILES string of the molecule is Cc1ccc(S(C)(=O)=O)cc1NC(=O)c1ccc(Cl)s1. The average Bonchev–Trinajstić information content (AvgIpc) is 2.77. The summed E-state index contributed by atoms with van der Waals surface area (Å²) >= 11 is 6.95. The molecule has 1 aromatic heterocycles. The van der Waals surface area contributed by atoms with Gasteiger partial charge >= 0.3 is 0 Å². The van der Waals surface area contributed by atoms with Gasteiger partial charge in [-0.25, -0.2) is 8.42 Å². The van der Waals surface area contributed by atoms with Crippen LogP contribution >= 0.6 is 22.9 Å². The van der Waals surface area contributed by atoms with Crippen LogP contribution in [-0.2, 0) is 9.84 Å². The third-order valence-electron chi connectivity index (χ3n) is 2.68. The number of aryl methyl sites for hydroxylation is 1. The third kappa shape index (κ3) is 3.39. The van der Waals surface area contributed by atoms with Crippen LogP contribution in [0.4, 0.5) is 5.69 Å². The van der Waals surface area contributed by atoms with Crippen LogP contribution in [-0.4, -0.2) is 20.6 Å². The molecule has 0 aliphatic carbocycles. The molecule has 2 rings (SSSR count). The molecule has 0 aliphatic rings. The summed E-state index contributed by atoms with van der Waals surface area (Å²) in [5.41, 5.74) is 1.26. The zero-order valence-corrected chi connectivity index (χ0v) is 13.2. The van der Waals surface area contributed by atoms with E-state index in [1.807, 2.05) is 0 Å². The van der Waals surface area contributed by atoms with Crippen molar-refractivity contribution in [2.24, 2.45) is 0 Å². The van der Waals surface area contributed by atoms with E-state index < -0.39 is 9.84 Å². The Balaban J connectivity index is 2.31. The Morgan fingerprint density at radius 2 is 1.95 bits per heavy atom. The summed E-state index contributed by atoms with van der Waals surface area (Å²) in [5, 5.41) is 2.70. The topological polar surface area (TPSA) is 63.2 Å². The number of carbonyl (C=O) groups excluding carboxylic acids is 1. The van der Waals surface area contributed by atoms with Gasteiger partial charge in [-0.3, -0.25) is 4.79 Å². The molecular weight excluding hydrogens is 318 g/mol.